The average Bonchev–Trinajstić information content (AvgIpc) is 2.88. The molecule has 0 spiro atoms. The Morgan fingerprint density at radius 3 is 2.85 bits per heavy atom. The second-order valence-corrected chi connectivity index (χ2v) is 5.93. The molecule has 3 rings (SSSR count). The first kappa shape index (κ1) is 13.4. The van der Waals surface area contributed by atoms with Gasteiger partial charge in [-0.2, -0.15) is 0 Å². The third kappa shape index (κ3) is 2.79. The van der Waals surface area contributed by atoms with E-state index in [-0.39, 0.29) is 0 Å². The minimum atomic E-state index is 0.321. The smallest absolute Gasteiger partial charge is 0.0457 e. The number of aromatic amines is 1. The Morgan fingerprint density at radius 1 is 1.15 bits per heavy atom. The molecule has 0 saturated carbocycles. The van der Waals surface area contributed by atoms with E-state index >= 15 is 0 Å². The number of benzene rings is 2. The van der Waals surface area contributed by atoms with E-state index in [9.17, 15) is 0 Å². The third-order valence-electron chi connectivity index (χ3n) is 3.62. The molecule has 1 atom stereocenters. The first-order chi connectivity index (χ1) is 9.74. The van der Waals surface area contributed by atoms with E-state index in [2.05, 4.69) is 87.9 Å². The molecule has 3 heteroatoms. The predicted octanol–water partition coefficient (Wildman–Crippen LogP) is 4.78. The highest BCUT2D eigenvalue weighted by Crippen LogP contribution is 2.21. The topological polar surface area (TPSA) is 27.8 Å². The fraction of sp³-hybridized carbons (Fsp3) is 0.176. The number of hydrogen-bond donors (Lipinski definition) is 2. The van der Waals surface area contributed by atoms with E-state index in [0.29, 0.717) is 6.04 Å². The van der Waals surface area contributed by atoms with Crippen molar-refractivity contribution in [2.45, 2.75) is 19.5 Å². The van der Waals surface area contributed by atoms with Crippen LogP contribution in [0.5, 0.6) is 0 Å². The molecule has 20 heavy (non-hydrogen) atoms. The molecule has 0 bridgehead atoms. The van der Waals surface area contributed by atoms with Gasteiger partial charge < -0.3 is 10.3 Å². The normalized spacial score (nSPS) is 12.7. The Bertz CT molecular complexity index is 718. The SMILES string of the molecule is C[C@H](NCc1c[nH]c2ccccc12)c1cccc(Br)c1. The summed E-state index contributed by atoms with van der Waals surface area (Å²) >= 11 is 3.52. The van der Waals surface area contributed by atoms with E-state index in [0.717, 1.165) is 11.0 Å². The lowest BCUT2D eigenvalue weighted by atomic mass is 10.1. The van der Waals surface area contributed by atoms with Crippen LogP contribution in [-0.4, -0.2) is 4.98 Å². The molecule has 2 nitrogen and oxygen atoms in total. The van der Waals surface area contributed by atoms with Crippen LogP contribution in [0.3, 0.4) is 0 Å². The molecule has 102 valence electrons. The fourth-order valence-electron chi connectivity index (χ4n) is 2.43. The van der Waals surface area contributed by atoms with Crippen molar-refractivity contribution in [2.75, 3.05) is 0 Å². The summed E-state index contributed by atoms with van der Waals surface area (Å²) in [5.74, 6) is 0. The van der Waals surface area contributed by atoms with Gasteiger partial charge in [0.1, 0.15) is 0 Å². The summed E-state index contributed by atoms with van der Waals surface area (Å²) in [4.78, 5) is 3.31. The summed E-state index contributed by atoms with van der Waals surface area (Å²) in [6, 6.07) is 17.2. The number of fused-ring (bicyclic) bond motifs is 1. The molecule has 0 aliphatic heterocycles. The van der Waals surface area contributed by atoms with E-state index in [1.165, 1.54) is 22.0 Å². The van der Waals surface area contributed by atoms with Crippen molar-refractivity contribution in [3.63, 3.8) is 0 Å². The number of halogens is 1. The van der Waals surface area contributed by atoms with E-state index < -0.39 is 0 Å². The highest BCUT2D eigenvalue weighted by atomic mass is 79.9. The Kier molecular flexibility index (Phi) is 3.90. The van der Waals surface area contributed by atoms with Crippen molar-refractivity contribution in [3.05, 3.63) is 70.3 Å². The van der Waals surface area contributed by atoms with Crippen LogP contribution in [0.4, 0.5) is 0 Å². The first-order valence-corrected chi connectivity index (χ1v) is 7.57. The number of hydrogen-bond acceptors (Lipinski definition) is 1. The molecule has 1 heterocycles. The predicted molar refractivity (Wildman–Crippen MR) is 87.7 cm³/mol. The second-order valence-electron chi connectivity index (χ2n) is 5.02. The minimum Gasteiger partial charge on any atom is -0.361 e. The number of rotatable bonds is 4. The van der Waals surface area contributed by atoms with Crippen molar-refractivity contribution in [1.82, 2.24) is 10.3 Å². The van der Waals surface area contributed by atoms with Crippen LogP contribution in [0.1, 0.15) is 24.1 Å². The molecular weight excluding hydrogens is 312 g/mol. The molecule has 0 amide bonds. The second kappa shape index (κ2) is 5.81. The zero-order chi connectivity index (χ0) is 13.9. The van der Waals surface area contributed by atoms with Crippen molar-refractivity contribution in [1.29, 1.82) is 0 Å². The lowest BCUT2D eigenvalue weighted by Crippen LogP contribution is -2.17. The van der Waals surface area contributed by atoms with Crippen LogP contribution in [0, 0.1) is 0 Å². The molecule has 0 fully saturated rings. The zero-order valence-corrected chi connectivity index (χ0v) is 12.9. The maximum Gasteiger partial charge on any atom is 0.0457 e. The lowest BCUT2D eigenvalue weighted by Gasteiger charge is -2.14. The summed E-state index contributed by atoms with van der Waals surface area (Å²) in [7, 11) is 0. The zero-order valence-electron chi connectivity index (χ0n) is 11.4. The van der Waals surface area contributed by atoms with Gasteiger partial charge in [-0.25, -0.2) is 0 Å². The third-order valence-corrected chi connectivity index (χ3v) is 4.12. The maximum atomic E-state index is 3.58. The van der Waals surface area contributed by atoms with Crippen LogP contribution in [0.2, 0.25) is 0 Å². The molecule has 0 unspecified atom stereocenters. The molecule has 0 radical (unpaired) electrons. The van der Waals surface area contributed by atoms with Gasteiger partial charge in [0.2, 0.25) is 0 Å². The van der Waals surface area contributed by atoms with Crippen LogP contribution in [0.15, 0.2) is 59.2 Å². The highest BCUT2D eigenvalue weighted by Gasteiger charge is 2.07. The van der Waals surface area contributed by atoms with Gasteiger partial charge in [-0.15, -0.1) is 0 Å². The quantitative estimate of drug-likeness (QED) is 0.708. The first-order valence-electron chi connectivity index (χ1n) is 6.78. The van der Waals surface area contributed by atoms with Crippen molar-refractivity contribution >= 4 is 26.8 Å². The summed E-state index contributed by atoms with van der Waals surface area (Å²) in [6.07, 6.45) is 2.09. The Balaban J connectivity index is 1.73. The summed E-state index contributed by atoms with van der Waals surface area (Å²) in [5.41, 5.74) is 3.79. The van der Waals surface area contributed by atoms with Gasteiger partial charge in [-0.05, 0) is 36.2 Å². The molecular formula is C17H17BrN2. The molecule has 0 saturated heterocycles. The fourth-order valence-corrected chi connectivity index (χ4v) is 2.85. The minimum absolute atomic E-state index is 0.321. The standard InChI is InChI=1S/C17H17BrN2/c1-12(13-5-4-6-15(18)9-13)19-10-14-11-20-17-8-3-2-7-16(14)17/h2-9,11-12,19-20H,10H2,1H3/t12-/m0/s1. The maximum absolute atomic E-state index is 3.58. The van der Waals surface area contributed by atoms with Gasteiger partial charge in [-0.1, -0.05) is 46.3 Å². The summed E-state index contributed by atoms with van der Waals surface area (Å²) in [6.45, 7) is 3.05. The highest BCUT2D eigenvalue weighted by molar-refractivity contribution is 9.10. The van der Waals surface area contributed by atoms with Crippen molar-refractivity contribution in [3.8, 4) is 0 Å². The van der Waals surface area contributed by atoms with Crippen LogP contribution in [-0.2, 0) is 6.54 Å². The molecule has 2 N–H and O–H groups in total. The molecule has 0 aliphatic rings. The molecule has 3 aromatic rings. The van der Waals surface area contributed by atoms with Gasteiger partial charge in [0, 0.05) is 34.2 Å². The average molecular weight is 329 g/mol. The van der Waals surface area contributed by atoms with Crippen LogP contribution >= 0.6 is 15.9 Å². The van der Waals surface area contributed by atoms with E-state index in [1.807, 2.05) is 0 Å². The summed E-state index contributed by atoms with van der Waals surface area (Å²) < 4.78 is 1.12. The van der Waals surface area contributed by atoms with Crippen molar-refractivity contribution < 1.29 is 0 Å². The van der Waals surface area contributed by atoms with Crippen LogP contribution < -0.4 is 5.32 Å². The Hall–Kier alpha value is -1.58. The van der Waals surface area contributed by atoms with Gasteiger partial charge in [-0.3, -0.25) is 0 Å². The van der Waals surface area contributed by atoms with Gasteiger partial charge in [0.15, 0.2) is 0 Å². The van der Waals surface area contributed by atoms with Crippen molar-refractivity contribution in [2.24, 2.45) is 0 Å². The number of aromatic nitrogens is 1. The number of para-hydroxylation sites is 1. The van der Waals surface area contributed by atoms with Gasteiger partial charge in [0.25, 0.3) is 0 Å². The van der Waals surface area contributed by atoms with E-state index in [4.69, 9.17) is 0 Å². The van der Waals surface area contributed by atoms with E-state index in [1.54, 1.807) is 0 Å². The molecule has 0 aliphatic carbocycles. The Labute approximate surface area is 127 Å². The van der Waals surface area contributed by atoms with Gasteiger partial charge >= 0.3 is 0 Å². The lowest BCUT2D eigenvalue weighted by molar-refractivity contribution is 0.576. The molecule has 2 aromatic carbocycles. The molecule has 1 aromatic heterocycles. The van der Waals surface area contributed by atoms with Crippen LogP contribution in [0.25, 0.3) is 10.9 Å². The summed E-state index contributed by atoms with van der Waals surface area (Å²) in [5, 5.41) is 4.87. The number of nitrogens with one attached hydrogen (secondary N) is 2. The van der Waals surface area contributed by atoms with Gasteiger partial charge in [0.05, 0.1) is 0 Å². The Morgan fingerprint density at radius 2 is 2.00 bits per heavy atom. The largest absolute Gasteiger partial charge is 0.361 e. The monoisotopic (exact) mass is 328 g/mol. The number of H-pyrrole nitrogens is 1.